The first kappa shape index (κ1) is 21.4. The largest absolute Gasteiger partial charge is 0.496 e. The van der Waals surface area contributed by atoms with Crippen molar-refractivity contribution in [1.82, 2.24) is 5.43 Å². The summed E-state index contributed by atoms with van der Waals surface area (Å²) in [5.41, 5.74) is 4.85. The average Bonchev–Trinajstić information content (AvgIpc) is 2.83. The summed E-state index contributed by atoms with van der Waals surface area (Å²) in [6.07, 6.45) is 1.58. The zero-order valence-corrected chi connectivity index (χ0v) is 18.2. The number of ether oxygens (including phenoxy) is 2. The lowest BCUT2D eigenvalue weighted by molar-refractivity contribution is 0.0952. The molecule has 0 radical (unpaired) electrons. The molecule has 0 aromatic heterocycles. The molecule has 4 aromatic carbocycles. The van der Waals surface area contributed by atoms with E-state index in [1.165, 1.54) is 0 Å². The van der Waals surface area contributed by atoms with E-state index in [1.54, 1.807) is 19.4 Å². The van der Waals surface area contributed by atoms with Gasteiger partial charge in [-0.1, -0.05) is 48.0 Å². The number of halogens is 1. The number of hydrogen-bond donors (Lipinski definition) is 1. The molecule has 32 heavy (non-hydrogen) atoms. The highest BCUT2D eigenvalue weighted by atomic mass is 35.5. The van der Waals surface area contributed by atoms with Crippen LogP contribution in [0.2, 0.25) is 5.02 Å². The van der Waals surface area contributed by atoms with Gasteiger partial charge in [0.1, 0.15) is 18.1 Å². The Bertz CT molecular complexity index is 1250. The number of nitrogens with one attached hydrogen (secondary N) is 1. The summed E-state index contributed by atoms with van der Waals surface area (Å²) in [6, 6.07) is 26.4. The molecule has 6 heteroatoms. The van der Waals surface area contributed by atoms with E-state index in [9.17, 15) is 4.79 Å². The molecule has 0 saturated carbocycles. The van der Waals surface area contributed by atoms with Gasteiger partial charge in [-0.2, -0.15) is 5.10 Å². The van der Waals surface area contributed by atoms with Crippen molar-refractivity contribution < 1.29 is 14.3 Å². The molecule has 160 valence electrons. The van der Waals surface area contributed by atoms with Crippen molar-refractivity contribution in [3.05, 3.63) is 107 Å². The van der Waals surface area contributed by atoms with Crippen molar-refractivity contribution in [2.75, 3.05) is 7.11 Å². The Morgan fingerprint density at radius 2 is 1.66 bits per heavy atom. The molecule has 0 aliphatic carbocycles. The third-order valence-corrected chi connectivity index (χ3v) is 5.14. The first-order valence-electron chi connectivity index (χ1n) is 10.00. The summed E-state index contributed by atoms with van der Waals surface area (Å²) in [5.74, 6) is 0.896. The molecule has 4 rings (SSSR count). The Labute approximate surface area is 191 Å². The summed E-state index contributed by atoms with van der Waals surface area (Å²) in [5, 5.41) is 6.73. The van der Waals surface area contributed by atoms with Gasteiger partial charge in [0.25, 0.3) is 5.91 Å². The molecule has 0 aliphatic heterocycles. The molecular weight excluding hydrogens is 424 g/mol. The van der Waals surface area contributed by atoms with Crippen LogP contribution in [-0.4, -0.2) is 19.2 Å². The van der Waals surface area contributed by atoms with Crippen molar-refractivity contribution in [3.8, 4) is 11.5 Å². The van der Waals surface area contributed by atoms with Gasteiger partial charge in [0.05, 0.1) is 18.9 Å². The van der Waals surface area contributed by atoms with Gasteiger partial charge in [-0.3, -0.25) is 4.79 Å². The molecule has 1 amide bonds. The Balaban J connectivity index is 1.37. The minimum Gasteiger partial charge on any atom is -0.496 e. The third-order valence-electron chi connectivity index (χ3n) is 4.89. The van der Waals surface area contributed by atoms with Gasteiger partial charge in [0.2, 0.25) is 0 Å². The normalized spacial score (nSPS) is 10.9. The lowest BCUT2D eigenvalue weighted by Crippen LogP contribution is -2.18. The number of fused-ring (bicyclic) bond motifs is 1. The predicted octanol–water partition coefficient (Wildman–Crippen LogP) is 5.84. The maximum Gasteiger partial charge on any atom is 0.275 e. The third kappa shape index (κ3) is 5.25. The first-order chi connectivity index (χ1) is 15.6. The summed E-state index contributed by atoms with van der Waals surface area (Å²) >= 11 is 5.89. The van der Waals surface area contributed by atoms with Gasteiger partial charge >= 0.3 is 0 Å². The van der Waals surface area contributed by atoms with Crippen molar-refractivity contribution in [2.45, 2.75) is 6.61 Å². The van der Waals surface area contributed by atoms with Crippen molar-refractivity contribution in [3.63, 3.8) is 0 Å². The van der Waals surface area contributed by atoms with Gasteiger partial charge in [-0.25, -0.2) is 5.43 Å². The zero-order valence-electron chi connectivity index (χ0n) is 17.4. The van der Waals surface area contributed by atoms with Crippen molar-refractivity contribution in [1.29, 1.82) is 0 Å². The van der Waals surface area contributed by atoms with Crippen LogP contribution in [-0.2, 0) is 6.61 Å². The number of methoxy groups -OCH3 is 1. The fourth-order valence-electron chi connectivity index (χ4n) is 3.19. The maximum atomic E-state index is 12.6. The van der Waals surface area contributed by atoms with Crippen LogP contribution in [0.4, 0.5) is 0 Å². The van der Waals surface area contributed by atoms with E-state index in [0.717, 1.165) is 27.6 Å². The van der Waals surface area contributed by atoms with E-state index in [4.69, 9.17) is 21.1 Å². The zero-order chi connectivity index (χ0) is 22.3. The maximum absolute atomic E-state index is 12.6. The lowest BCUT2D eigenvalue weighted by Gasteiger charge is -2.09. The molecule has 0 fully saturated rings. The van der Waals surface area contributed by atoms with Crippen LogP contribution in [0.5, 0.6) is 11.5 Å². The summed E-state index contributed by atoms with van der Waals surface area (Å²) in [7, 11) is 1.54. The molecule has 1 N–H and O–H groups in total. The molecule has 0 saturated heterocycles. The number of hydrogen-bond acceptors (Lipinski definition) is 4. The number of hydrazone groups is 1. The first-order valence-corrected chi connectivity index (χ1v) is 10.4. The molecule has 0 aliphatic rings. The van der Waals surface area contributed by atoms with Crippen LogP contribution in [0, 0.1) is 0 Å². The molecule has 0 atom stereocenters. The van der Waals surface area contributed by atoms with E-state index >= 15 is 0 Å². The van der Waals surface area contributed by atoms with Gasteiger partial charge in [0.15, 0.2) is 0 Å². The Morgan fingerprint density at radius 3 is 2.34 bits per heavy atom. The van der Waals surface area contributed by atoms with Crippen LogP contribution < -0.4 is 14.9 Å². The Kier molecular flexibility index (Phi) is 6.68. The summed E-state index contributed by atoms with van der Waals surface area (Å²) in [4.78, 5) is 12.6. The van der Waals surface area contributed by atoms with E-state index in [2.05, 4.69) is 10.5 Å². The highest BCUT2D eigenvalue weighted by Gasteiger charge is 2.13. The number of amides is 1. The van der Waals surface area contributed by atoms with E-state index < -0.39 is 0 Å². The summed E-state index contributed by atoms with van der Waals surface area (Å²) in [6.45, 7) is 0.453. The molecule has 0 unspecified atom stereocenters. The summed E-state index contributed by atoms with van der Waals surface area (Å²) < 4.78 is 11.2. The monoisotopic (exact) mass is 444 g/mol. The minimum absolute atomic E-state index is 0.341. The molecule has 5 nitrogen and oxygen atoms in total. The fourth-order valence-corrected chi connectivity index (χ4v) is 3.31. The number of rotatable bonds is 7. The Hall–Kier alpha value is -3.83. The number of benzene rings is 4. The van der Waals surface area contributed by atoms with E-state index in [0.29, 0.717) is 22.9 Å². The van der Waals surface area contributed by atoms with E-state index in [-0.39, 0.29) is 5.91 Å². The van der Waals surface area contributed by atoms with Crippen LogP contribution >= 0.6 is 11.6 Å². The fraction of sp³-hybridized carbons (Fsp3) is 0.0769. The quantitative estimate of drug-likeness (QED) is 0.287. The van der Waals surface area contributed by atoms with Gasteiger partial charge < -0.3 is 9.47 Å². The van der Waals surface area contributed by atoms with Crippen LogP contribution in [0.3, 0.4) is 0 Å². The second-order valence-electron chi connectivity index (χ2n) is 7.08. The smallest absolute Gasteiger partial charge is 0.275 e. The second-order valence-corrected chi connectivity index (χ2v) is 7.52. The minimum atomic E-state index is -0.341. The van der Waals surface area contributed by atoms with Crippen LogP contribution in [0.15, 0.2) is 90.0 Å². The number of nitrogens with zero attached hydrogens (tertiary/aromatic N) is 1. The molecule has 4 aromatic rings. The topological polar surface area (TPSA) is 59.9 Å². The van der Waals surface area contributed by atoms with Gasteiger partial charge in [-0.15, -0.1) is 0 Å². The SMILES string of the molecule is COc1cc2ccccc2cc1C(=O)N/N=C\c1ccc(OCc2ccc(Cl)cc2)cc1. The Morgan fingerprint density at radius 1 is 0.969 bits per heavy atom. The molecule has 0 spiro atoms. The van der Waals surface area contributed by atoms with E-state index in [1.807, 2.05) is 78.9 Å². The second kappa shape index (κ2) is 9.98. The number of carbonyl (C=O) groups is 1. The molecule has 0 bridgehead atoms. The standard InChI is InChI=1S/C26H21ClN2O3/c1-31-25-15-21-5-3-2-4-20(21)14-24(25)26(30)29-28-16-18-8-12-23(13-9-18)32-17-19-6-10-22(27)11-7-19/h2-16H,17H2,1H3,(H,29,30)/b28-16-. The highest BCUT2D eigenvalue weighted by Crippen LogP contribution is 2.26. The molecular formula is C26H21ClN2O3. The van der Waals surface area contributed by atoms with Gasteiger partial charge in [-0.05, 0) is 70.4 Å². The van der Waals surface area contributed by atoms with Crippen molar-refractivity contribution in [2.24, 2.45) is 5.10 Å². The number of carbonyl (C=O) groups excluding carboxylic acids is 1. The average molecular weight is 445 g/mol. The lowest BCUT2D eigenvalue weighted by atomic mass is 10.1. The van der Waals surface area contributed by atoms with Crippen LogP contribution in [0.1, 0.15) is 21.5 Å². The van der Waals surface area contributed by atoms with Crippen molar-refractivity contribution >= 4 is 34.5 Å². The highest BCUT2D eigenvalue weighted by molar-refractivity contribution is 6.30. The molecule has 0 heterocycles. The predicted molar refractivity (Wildman–Crippen MR) is 128 cm³/mol. The van der Waals surface area contributed by atoms with Gasteiger partial charge in [0, 0.05) is 5.02 Å². The van der Waals surface area contributed by atoms with Crippen LogP contribution in [0.25, 0.3) is 10.8 Å².